The van der Waals surface area contributed by atoms with Gasteiger partial charge in [0, 0.05) is 11.6 Å². The SMILES string of the molecule is CC(C)OC(=O)Cc1cc(Cl)c(Cl)cc1O. The van der Waals surface area contributed by atoms with Gasteiger partial charge in [-0.05, 0) is 19.9 Å². The number of halogens is 2. The van der Waals surface area contributed by atoms with Crippen LogP contribution in [0, 0.1) is 0 Å². The molecule has 0 saturated heterocycles. The molecule has 0 amide bonds. The largest absolute Gasteiger partial charge is 0.508 e. The van der Waals surface area contributed by atoms with Crippen LogP contribution >= 0.6 is 23.2 Å². The maximum absolute atomic E-state index is 11.4. The minimum Gasteiger partial charge on any atom is -0.508 e. The van der Waals surface area contributed by atoms with Gasteiger partial charge in [0.25, 0.3) is 0 Å². The molecular formula is C11H12Cl2O3. The molecule has 0 aromatic heterocycles. The van der Waals surface area contributed by atoms with Crippen LogP contribution in [0.2, 0.25) is 10.0 Å². The van der Waals surface area contributed by atoms with Crippen LogP contribution in [0.15, 0.2) is 12.1 Å². The highest BCUT2D eigenvalue weighted by molar-refractivity contribution is 6.42. The smallest absolute Gasteiger partial charge is 0.310 e. The third-order valence-corrected chi connectivity index (χ3v) is 2.55. The molecule has 0 aliphatic heterocycles. The van der Waals surface area contributed by atoms with E-state index in [1.54, 1.807) is 13.8 Å². The number of phenols is 1. The molecule has 5 heteroatoms. The Labute approximate surface area is 104 Å². The van der Waals surface area contributed by atoms with Crippen molar-refractivity contribution in [3.63, 3.8) is 0 Å². The van der Waals surface area contributed by atoms with E-state index < -0.39 is 5.97 Å². The van der Waals surface area contributed by atoms with E-state index in [2.05, 4.69) is 0 Å². The van der Waals surface area contributed by atoms with Gasteiger partial charge in [-0.1, -0.05) is 23.2 Å². The molecular weight excluding hydrogens is 251 g/mol. The summed E-state index contributed by atoms with van der Waals surface area (Å²) in [4.78, 5) is 11.4. The van der Waals surface area contributed by atoms with Crippen molar-refractivity contribution in [3.8, 4) is 5.75 Å². The molecule has 0 spiro atoms. The summed E-state index contributed by atoms with van der Waals surface area (Å²) in [5, 5.41) is 10.1. The zero-order valence-electron chi connectivity index (χ0n) is 8.96. The average molecular weight is 263 g/mol. The van der Waals surface area contributed by atoms with Crippen molar-refractivity contribution >= 4 is 29.2 Å². The summed E-state index contributed by atoms with van der Waals surface area (Å²) in [7, 11) is 0. The summed E-state index contributed by atoms with van der Waals surface area (Å²) in [6.45, 7) is 3.51. The molecule has 1 aromatic carbocycles. The molecule has 1 aromatic rings. The first-order valence-electron chi connectivity index (χ1n) is 4.76. The Morgan fingerprint density at radius 1 is 1.38 bits per heavy atom. The second kappa shape index (κ2) is 5.41. The van der Waals surface area contributed by atoms with Crippen molar-refractivity contribution in [2.45, 2.75) is 26.4 Å². The van der Waals surface area contributed by atoms with E-state index in [0.29, 0.717) is 10.6 Å². The number of ether oxygens (including phenoxy) is 1. The van der Waals surface area contributed by atoms with Crippen LogP contribution in [-0.2, 0) is 16.0 Å². The topological polar surface area (TPSA) is 46.5 Å². The van der Waals surface area contributed by atoms with Gasteiger partial charge in [0.2, 0.25) is 0 Å². The molecule has 0 aliphatic carbocycles. The summed E-state index contributed by atoms with van der Waals surface area (Å²) >= 11 is 11.5. The summed E-state index contributed by atoms with van der Waals surface area (Å²) in [5.74, 6) is -0.473. The van der Waals surface area contributed by atoms with E-state index in [1.165, 1.54) is 12.1 Å². The fourth-order valence-electron chi connectivity index (χ4n) is 1.18. The second-order valence-corrected chi connectivity index (χ2v) is 4.42. The Hall–Kier alpha value is -0.930. The van der Waals surface area contributed by atoms with Crippen LogP contribution < -0.4 is 0 Å². The lowest BCUT2D eigenvalue weighted by molar-refractivity contribution is -0.146. The number of phenolic OH excluding ortho intramolecular Hbond substituents is 1. The van der Waals surface area contributed by atoms with Crippen LogP contribution in [0.3, 0.4) is 0 Å². The normalized spacial score (nSPS) is 10.6. The fourth-order valence-corrected chi connectivity index (χ4v) is 1.52. The van der Waals surface area contributed by atoms with Gasteiger partial charge in [-0.25, -0.2) is 0 Å². The Bertz CT molecular complexity index is 402. The maximum atomic E-state index is 11.4. The standard InChI is InChI=1S/C11H12Cl2O3/c1-6(2)16-11(15)4-7-3-8(12)9(13)5-10(7)14/h3,5-6,14H,4H2,1-2H3. The van der Waals surface area contributed by atoms with Gasteiger partial charge in [0.05, 0.1) is 22.6 Å². The number of hydrogen-bond acceptors (Lipinski definition) is 3. The van der Waals surface area contributed by atoms with Gasteiger partial charge < -0.3 is 9.84 Å². The van der Waals surface area contributed by atoms with Gasteiger partial charge in [-0.2, -0.15) is 0 Å². The van der Waals surface area contributed by atoms with Crippen LogP contribution in [0.1, 0.15) is 19.4 Å². The fraction of sp³-hybridized carbons (Fsp3) is 0.364. The summed E-state index contributed by atoms with van der Waals surface area (Å²) in [5.41, 5.74) is 0.403. The Balaban J connectivity index is 2.81. The molecule has 88 valence electrons. The summed E-state index contributed by atoms with van der Waals surface area (Å²) in [6.07, 6.45) is -0.210. The van der Waals surface area contributed by atoms with Crippen LogP contribution in [0.5, 0.6) is 5.75 Å². The van der Waals surface area contributed by atoms with E-state index in [1.807, 2.05) is 0 Å². The number of rotatable bonds is 3. The van der Waals surface area contributed by atoms with Gasteiger partial charge in [0.1, 0.15) is 5.75 Å². The lowest BCUT2D eigenvalue weighted by Crippen LogP contribution is -2.13. The molecule has 1 N–H and O–H groups in total. The molecule has 16 heavy (non-hydrogen) atoms. The van der Waals surface area contributed by atoms with Crippen molar-refractivity contribution in [1.29, 1.82) is 0 Å². The van der Waals surface area contributed by atoms with Crippen molar-refractivity contribution in [1.82, 2.24) is 0 Å². The molecule has 0 fully saturated rings. The molecule has 3 nitrogen and oxygen atoms in total. The highest BCUT2D eigenvalue weighted by Gasteiger charge is 2.12. The van der Waals surface area contributed by atoms with Crippen LogP contribution in [0.4, 0.5) is 0 Å². The Morgan fingerprint density at radius 2 is 1.94 bits per heavy atom. The third kappa shape index (κ3) is 3.58. The highest BCUT2D eigenvalue weighted by Crippen LogP contribution is 2.30. The van der Waals surface area contributed by atoms with E-state index >= 15 is 0 Å². The number of carbonyl (C=O) groups excluding carboxylic acids is 1. The van der Waals surface area contributed by atoms with Gasteiger partial charge in [-0.3, -0.25) is 4.79 Å². The number of carbonyl (C=O) groups is 1. The molecule has 1 rings (SSSR count). The highest BCUT2D eigenvalue weighted by atomic mass is 35.5. The first-order chi connectivity index (χ1) is 7.40. The predicted molar refractivity (Wildman–Crippen MR) is 63.1 cm³/mol. The van der Waals surface area contributed by atoms with Gasteiger partial charge >= 0.3 is 5.97 Å². The summed E-state index contributed by atoms with van der Waals surface area (Å²) in [6, 6.07) is 2.77. The molecule has 0 saturated carbocycles. The lowest BCUT2D eigenvalue weighted by atomic mass is 10.1. The van der Waals surface area contributed by atoms with E-state index in [4.69, 9.17) is 27.9 Å². The monoisotopic (exact) mass is 262 g/mol. The first kappa shape index (κ1) is 13.1. The predicted octanol–water partition coefficient (Wildman–Crippen LogP) is 3.19. The Morgan fingerprint density at radius 3 is 2.50 bits per heavy atom. The quantitative estimate of drug-likeness (QED) is 0.852. The van der Waals surface area contributed by atoms with E-state index in [0.717, 1.165) is 0 Å². The summed E-state index contributed by atoms with van der Waals surface area (Å²) < 4.78 is 4.95. The number of benzene rings is 1. The number of aromatic hydroxyl groups is 1. The van der Waals surface area contributed by atoms with Gasteiger partial charge in [-0.15, -0.1) is 0 Å². The van der Waals surface area contributed by atoms with E-state index in [-0.39, 0.29) is 23.3 Å². The molecule has 0 aliphatic rings. The molecule has 0 atom stereocenters. The molecule has 0 radical (unpaired) electrons. The van der Waals surface area contributed by atoms with Crippen molar-refractivity contribution in [2.75, 3.05) is 0 Å². The number of hydrogen-bond donors (Lipinski definition) is 1. The average Bonchev–Trinajstić information content (AvgIpc) is 2.12. The van der Waals surface area contributed by atoms with E-state index in [9.17, 15) is 9.90 Å². The zero-order chi connectivity index (χ0) is 12.3. The second-order valence-electron chi connectivity index (χ2n) is 3.61. The number of esters is 1. The molecule has 0 bridgehead atoms. The zero-order valence-corrected chi connectivity index (χ0v) is 10.5. The maximum Gasteiger partial charge on any atom is 0.310 e. The van der Waals surface area contributed by atoms with Crippen molar-refractivity contribution in [2.24, 2.45) is 0 Å². The van der Waals surface area contributed by atoms with Crippen LogP contribution in [-0.4, -0.2) is 17.2 Å². The lowest BCUT2D eigenvalue weighted by Gasteiger charge is -2.09. The van der Waals surface area contributed by atoms with Crippen LogP contribution in [0.25, 0.3) is 0 Å². The minimum absolute atomic E-state index is 0.0269. The van der Waals surface area contributed by atoms with Crippen molar-refractivity contribution in [3.05, 3.63) is 27.7 Å². The first-order valence-corrected chi connectivity index (χ1v) is 5.52. The molecule has 0 heterocycles. The van der Waals surface area contributed by atoms with Crippen molar-refractivity contribution < 1.29 is 14.6 Å². The van der Waals surface area contributed by atoms with Gasteiger partial charge in [0.15, 0.2) is 0 Å². The Kier molecular flexibility index (Phi) is 4.44. The third-order valence-electron chi connectivity index (χ3n) is 1.82. The molecule has 0 unspecified atom stereocenters. The minimum atomic E-state index is -0.413.